The number of halogens is 1. The SMILES string of the molecule is CC(C)(C)OC(=O)NC(COCc1ccc(C(=O)c2ccc(-c3cccc4c3oc3ccccc34)cc2)cc1F)C(=O)O. The van der Waals surface area contributed by atoms with Crippen LogP contribution in [0.4, 0.5) is 9.18 Å². The van der Waals surface area contributed by atoms with Gasteiger partial charge in [-0.05, 0) is 38.5 Å². The first-order valence-electron chi connectivity index (χ1n) is 13.6. The lowest BCUT2D eigenvalue weighted by Crippen LogP contribution is -2.46. The van der Waals surface area contributed by atoms with Gasteiger partial charge in [0.25, 0.3) is 0 Å². The molecule has 1 atom stereocenters. The number of carboxylic acids is 1. The fourth-order valence-electron chi connectivity index (χ4n) is 4.66. The van der Waals surface area contributed by atoms with Crippen LogP contribution in [-0.4, -0.2) is 41.2 Å². The fourth-order valence-corrected chi connectivity index (χ4v) is 4.66. The number of alkyl carbamates (subject to hydrolysis) is 1. The van der Waals surface area contributed by atoms with Gasteiger partial charge in [0.1, 0.15) is 22.6 Å². The number of para-hydroxylation sites is 2. The van der Waals surface area contributed by atoms with Crippen LogP contribution in [-0.2, 0) is 20.9 Å². The molecule has 2 N–H and O–H groups in total. The fraction of sp³-hybridized carbons (Fsp3) is 0.206. The Balaban J connectivity index is 1.24. The van der Waals surface area contributed by atoms with Crippen LogP contribution in [0.2, 0.25) is 0 Å². The maximum absolute atomic E-state index is 14.9. The molecule has 1 unspecified atom stereocenters. The first kappa shape index (κ1) is 29.5. The summed E-state index contributed by atoms with van der Waals surface area (Å²) in [6, 6.07) is 23.4. The molecule has 5 rings (SSSR count). The molecule has 0 bridgehead atoms. The van der Waals surface area contributed by atoms with E-state index in [1.807, 2.05) is 54.6 Å². The highest BCUT2D eigenvalue weighted by Gasteiger charge is 2.24. The molecular formula is C34H30FNO7. The van der Waals surface area contributed by atoms with Crippen molar-refractivity contribution in [3.05, 3.63) is 107 Å². The quantitative estimate of drug-likeness (QED) is 0.178. The van der Waals surface area contributed by atoms with Crippen molar-refractivity contribution in [2.75, 3.05) is 6.61 Å². The van der Waals surface area contributed by atoms with Crippen LogP contribution >= 0.6 is 0 Å². The van der Waals surface area contributed by atoms with Crippen LogP contribution in [0.25, 0.3) is 33.1 Å². The highest BCUT2D eigenvalue weighted by atomic mass is 19.1. The van der Waals surface area contributed by atoms with E-state index in [4.69, 9.17) is 13.9 Å². The largest absolute Gasteiger partial charge is 0.480 e. The van der Waals surface area contributed by atoms with Gasteiger partial charge in [0.2, 0.25) is 0 Å². The number of hydrogen-bond acceptors (Lipinski definition) is 6. The summed E-state index contributed by atoms with van der Waals surface area (Å²) in [7, 11) is 0. The molecule has 1 heterocycles. The normalized spacial score (nSPS) is 12.3. The van der Waals surface area contributed by atoms with Gasteiger partial charge in [-0.2, -0.15) is 0 Å². The minimum atomic E-state index is -1.39. The number of ether oxygens (including phenoxy) is 2. The van der Waals surface area contributed by atoms with Crippen molar-refractivity contribution in [3.8, 4) is 11.1 Å². The number of nitrogens with one attached hydrogen (secondary N) is 1. The Morgan fingerprint density at radius 1 is 0.907 bits per heavy atom. The molecule has 0 aliphatic heterocycles. The summed E-state index contributed by atoms with van der Waals surface area (Å²) in [4.78, 5) is 36.5. The minimum Gasteiger partial charge on any atom is -0.480 e. The second-order valence-electron chi connectivity index (χ2n) is 11.0. The predicted octanol–water partition coefficient (Wildman–Crippen LogP) is 7.12. The summed E-state index contributed by atoms with van der Waals surface area (Å²) in [6.07, 6.45) is -0.905. The number of ketones is 1. The average molecular weight is 584 g/mol. The number of fused-ring (bicyclic) bond motifs is 3. The Morgan fingerprint density at radius 2 is 1.60 bits per heavy atom. The second kappa shape index (κ2) is 12.1. The number of benzene rings is 4. The van der Waals surface area contributed by atoms with Gasteiger partial charge in [0.15, 0.2) is 11.8 Å². The maximum atomic E-state index is 14.9. The molecule has 4 aromatic carbocycles. The average Bonchev–Trinajstić information content (AvgIpc) is 3.35. The summed E-state index contributed by atoms with van der Waals surface area (Å²) >= 11 is 0. The van der Waals surface area contributed by atoms with Crippen molar-refractivity contribution < 1.29 is 37.8 Å². The molecule has 220 valence electrons. The molecule has 0 aliphatic rings. The number of furan rings is 1. The van der Waals surface area contributed by atoms with E-state index in [-0.39, 0.29) is 23.5 Å². The van der Waals surface area contributed by atoms with E-state index in [1.165, 1.54) is 12.1 Å². The number of amides is 1. The van der Waals surface area contributed by atoms with Crippen LogP contribution in [0.15, 0.2) is 89.3 Å². The van der Waals surface area contributed by atoms with Crippen molar-refractivity contribution in [2.45, 2.75) is 39.0 Å². The van der Waals surface area contributed by atoms with E-state index in [0.29, 0.717) is 5.56 Å². The second-order valence-corrected chi connectivity index (χ2v) is 11.0. The zero-order valence-corrected chi connectivity index (χ0v) is 23.8. The summed E-state index contributed by atoms with van der Waals surface area (Å²) < 4.78 is 31.4. The third kappa shape index (κ3) is 6.73. The number of hydrogen-bond donors (Lipinski definition) is 2. The van der Waals surface area contributed by atoms with Crippen LogP contribution in [0, 0.1) is 5.82 Å². The first-order chi connectivity index (χ1) is 20.5. The van der Waals surface area contributed by atoms with Gasteiger partial charge >= 0.3 is 12.1 Å². The molecule has 0 saturated heterocycles. The van der Waals surface area contributed by atoms with Crippen LogP contribution in [0.3, 0.4) is 0 Å². The molecule has 5 aromatic rings. The van der Waals surface area contributed by atoms with Gasteiger partial charge < -0.3 is 24.3 Å². The molecule has 8 nitrogen and oxygen atoms in total. The lowest BCUT2D eigenvalue weighted by atomic mass is 9.97. The molecule has 0 radical (unpaired) electrons. The molecule has 0 fully saturated rings. The van der Waals surface area contributed by atoms with Gasteiger partial charge in [-0.15, -0.1) is 0 Å². The number of carbonyl (C=O) groups is 3. The molecule has 0 saturated carbocycles. The van der Waals surface area contributed by atoms with Crippen molar-refractivity contribution >= 4 is 39.8 Å². The van der Waals surface area contributed by atoms with Gasteiger partial charge in [-0.3, -0.25) is 4.79 Å². The molecule has 9 heteroatoms. The Kier molecular flexibility index (Phi) is 8.27. The van der Waals surface area contributed by atoms with Crippen molar-refractivity contribution in [3.63, 3.8) is 0 Å². The standard InChI is InChI=1S/C34H30FNO7/c1-34(2,3)43-33(40)36-28(32(38)39)19-41-18-23-16-15-22(17-27(23)35)30(37)21-13-11-20(12-14-21)24-8-6-9-26-25-7-4-5-10-29(25)42-31(24)26/h4-17,28H,18-19H2,1-3H3,(H,36,40)(H,38,39). The Labute approximate surface area is 247 Å². The van der Waals surface area contributed by atoms with Gasteiger partial charge in [0.05, 0.1) is 13.2 Å². The Hall–Kier alpha value is -5.02. The predicted molar refractivity (Wildman–Crippen MR) is 159 cm³/mol. The van der Waals surface area contributed by atoms with Crippen molar-refractivity contribution in [1.29, 1.82) is 0 Å². The Morgan fingerprint density at radius 3 is 2.30 bits per heavy atom. The molecular weight excluding hydrogens is 553 g/mol. The smallest absolute Gasteiger partial charge is 0.408 e. The minimum absolute atomic E-state index is 0.132. The summed E-state index contributed by atoms with van der Waals surface area (Å²) in [5, 5.41) is 13.6. The third-order valence-electron chi connectivity index (χ3n) is 6.71. The number of carboxylic acid groups (broad SMARTS) is 1. The Bertz CT molecular complexity index is 1820. The van der Waals surface area contributed by atoms with E-state index in [9.17, 15) is 23.9 Å². The van der Waals surface area contributed by atoms with Gasteiger partial charge in [0, 0.05) is 33.0 Å². The number of aliphatic carboxylic acids is 1. The van der Waals surface area contributed by atoms with Crippen LogP contribution in [0.5, 0.6) is 0 Å². The number of rotatable bonds is 9. The van der Waals surface area contributed by atoms with E-state index in [2.05, 4.69) is 5.32 Å². The zero-order chi connectivity index (χ0) is 30.7. The highest BCUT2D eigenvalue weighted by molar-refractivity contribution is 6.11. The van der Waals surface area contributed by atoms with E-state index < -0.39 is 36.1 Å². The third-order valence-corrected chi connectivity index (χ3v) is 6.71. The summed E-state index contributed by atoms with van der Waals surface area (Å²) in [5.41, 5.74) is 3.21. The maximum Gasteiger partial charge on any atom is 0.408 e. The zero-order valence-electron chi connectivity index (χ0n) is 23.8. The highest BCUT2D eigenvalue weighted by Crippen LogP contribution is 2.35. The lowest BCUT2D eigenvalue weighted by Gasteiger charge is -2.22. The van der Waals surface area contributed by atoms with Crippen molar-refractivity contribution in [1.82, 2.24) is 5.32 Å². The van der Waals surface area contributed by atoms with Crippen LogP contribution in [0.1, 0.15) is 42.3 Å². The molecule has 1 aromatic heterocycles. The molecule has 43 heavy (non-hydrogen) atoms. The van der Waals surface area contributed by atoms with Crippen LogP contribution < -0.4 is 5.32 Å². The molecule has 1 amide bonds. The summed E-state index contributed by atoms with van der Waals surface area (Å²) in [6.45, 7) is 4.27. The summed E-state index contributed by atoms with van der Waals surface area (Å²) in [5.74, 6) is -2.36. The number of carbonyl (C=O) groups excluding carboxylic acids is 2. The van der Waals surface area contributed by atoms with E-state index >= 15 is 0 Å². The monoisotopic (exact) mass is 583 g/mol. The van der Waals surface area contributed by atoms with Gasteiger partial charge in [-0.25, -0.2) is 14.0 Å². The lowest BCUT2D eigenvalue weighted by molar-refractivity contribution is -0.141. The topological polar surface area (TPSA) is 115 Å². The van der Waals surface area contributed by atoms with E-state index in [1.54, 1.807) is 32.9 Å². The first-order valence-corrected chi connectivity index (χ1v) is 13.6. The van der Waals surface area contributed by atoms with Gasteiger partial charge in [-0.1, -0.05) is 72.8 Å². The molecule has 0 spiro atoms. The van der Waals surface area contributed by atoms with E-state index in [0.717, 1.165) is 39.1 Å². The van der Waals surface area contributed by atoms with Crippen molar-refractivity contribution in [2.24, 2.45) is 0 Å². The molecule has 0 aliphatic carbocycles.